The summed E-state index contributed by atoms with van der Waals surface area (Å²) in [4.78, 5) is 26.4. The van der Waals surface area contributed by atoms with Crippen LogP contribution in [0.1, 0.15) is 37.5 Å². The van der Waals surface area contributed by atoms with Crippen LogP contribution in [-0.4, -0.2) is 42.8 Å². The number of hydrogen-bond acceptors (Lipinski definition) is 5. The Morgan fingerprint density at radius 1 is 0.905 bits per heavy atom. The van der Waals surface area contributed by atoms with Gasteiger partial charge in [-0.05, 0) is 56.2 Å². The second-order valence-corrected chi connectivity index (χ2v) is 10.2. The van der Waals surface area contributed by atoms with E-state index in [1.807, 2.05) is 30.3 Å². The molecule has 2 N–H and O–H groups in total. The monoisotopic (exact) mass is 591 g/mol. The highest BCUT2D eigenvalue weighted by molar-refractivity contribution is 5.90. The number of alkyl carbamates (subject to hydrolysis) is 1. The summed E-state index contributed by atoms with van der Waals surface area (Å²) in [6.07, 6.45) is -5.64. The van der Waals surface area contributed by atoms with Crippen molar-refractivity contribution in [3.05, 3.63) is 89.2 Å². The first-order valence-corrected chi connectivity index (χ1v) is 13.0. The molecule has 42 heavy (non-hydrogen) atoms. The third kappa shape index (κ3) is 9.57. The van der Waals surface area contributed by atoms with Crippen LogP contribution in [0.3, 0.4) is 0 Å². The molecule has 0 unspecified atom stereocenters. The first-order valence-electron chi connectivity index (χ1n) is 13.0. The minimum atomic E-state index is -4.91. The van der Waals surface area contributed by atoms with E-state index in [0.717, 1.165) is 22.6 Å². The molecule has 0 aliphatic rings. The molecule has 8 nitrogen and oxygen atoms in total. The van der Waals surface area contributed by atoms with Gasteiger partial charge in [0.1, 0.15) is 18.0 Å². The lowest BCUT2D eigenvalue weighted by Gasteiger charge is -2.25. The quantitative estimate of drug-likeness (QED) is 0.248. The van der Waals surface area contributed by atoms with Crippen molar-refractivity contribution in [2.75, 3.05) is 25.5 Å². The van der Waals surface area contributed by atoms with Gasteiger partial charge in [-0.3, -0.25) is 0 Å². The average molecular weight is 592 g/mol. The van der Waals surface area contributed by atoms with Crippen LogP contribution >= 0.6 is 0 Å². The topological polar surface area (TPSA) is 89.1 Å². The van der Waals surface area contributed by atoms with Crippen molar-refractivity contribution >= 4 is 17.8 Å². The SMILES string of the molecule is COc1cc(CN(CCNC(=O)OC(C)(C)C)C(=O)Nc2c(F)cccc2C(F)(F)F)ccc1OCc1ccccc1. The van der Waals surface area contributed by atoms with Crippen LogP contribution < -0.4 is 20.1 Å². The number of urea groups is 1. The number of carbonyl (C=O) groups is 2. The largest absolute Gasteiger partial charge is 0.493 e. The summed E-state index contributed by atoms with van der Waals surface area (Å²) in [5, 5.41) is 4.56. The average Bonchev–Trinajstić information content (AvgIpc) is 2.91. The lowest BCUT2D eigenvalue weighted by molar-refractivity contribution is -0.137. The zero-order chi connectivity index (χ0) is 30.9. The van der Waals surface area contributed by atoms with E-state index in [1.54, 1.807) is 39.0 Å². The summed E-state index contributed by atoms with van der Waals surface area (Å²) >= 11 is 0. The maximum Gasteiger partial charge on any atom is 0.418 e. The third-order valence-electron chi connectivity index (χ3n) is 5.73. The van der Waals surface area contributed by atoms with Gasteiger partial charge in [-0.1, -0.05) is 42.5 Å². The maximum atomic E-state index is 14.4. The van der Waals surface area contributed by atoms with E-state index in [0.29, 0.717) is 23.1 Å². The van der Waals surface area contributed by atoms with Crippen LogP contribution in [-0.2, 0) is 24.1 Å². The second-order valence-electron chi connectivity index (χ2n) is 10.2. The molecule has 12 heteroatoms. The van der Waals surface area contributed by atoms with Gasteiger partial charge in [0.05, 0.1) is 18.4 Å². The Morgan fingerprint density at radius 3 is 2.26 bits per heavy atom. The molecule has 3 aromatic carbocycles. The lowest BCUT2D eigenvalue weighted by Crippen LogP contribution is -2.42. The molecule has 0 atom stereocenters. The summed E-state index contributed by atoms with van der Waals surface area (Å²) in [6.45, 7) is 4.97. The van der Waals surface area contributed by atoms with E-state index in [9.17, 15) is 27.2 Å². The van der Waals surface area contributed by atoms with Crippen molar-refractivity contribution < 1.29 is 41.4 Å². The molecule has 3 aromatic rings. The van der Waals surface area contributed by atoms with Gasteiger partial charge in [0, 0.05) is 19.6 Å². The smallest absolute Gasteiger partial charge is 0.418 e. The highest BCUT2D eigenvalue weighted by Crippen LogP contribution is 2.36. The fraction of sp³-hybridized carbons (Fsp3) is 0.333. The van der Waals surface area contributed by atoms with E-state index in [1.165, 1.54) is 7.11 Å². The molecule has 0 spiro atoms. The number of para-hydroxylation sites is 1. The van der Waals surface area contributed by atoms with Crippen LogP contribution in [0.2, 0.25) is 0 Å². The zero-order valence-electron chi connectivity index (χ0n) is 23.7. The molecular weight excluding hydrogens is 558 g/mol. The molecule has 0 bridgehead atoms. The number of rotatable bonds is 10. The Balaban J connectivity index is 1.81. The van der Waals surface area contributed by atoms with E-state index >= 15 is 0 Å². The lowest BCUT2D eigenvalue weighted by atomic mass is 10.1. The number of hydrogen-bond donors (Lipinski definition) is 2. The Labute approximate surface area is 241 Å². The van der Waals surface area contributed by atoms with Gasteiger partial charge < -0.3 is 29.7 Å². The van der Waals surface area contributed by atoms with E-state index in [2.05, 4.69) is 10.6 Å². The number of anilines is 1. The normalized spacial score (nSPS) is 11.4. The Kier molecular flexibility index (Phi) is 10.6. The van der Waals surface area contributed by atoms with Crippen LogP contribution in [0.4, 0.5) is 32.8 Å². The predicted octanol–water partition coefficient (Wildman–Crippen LogP) is 6.99. The number of amides is 3. The molecule has 3 amide bonds. The van der Waals surface area contributed by atoms with E-state index in [4.69, 9.17) is 14.2 Å². The Bertz CT molecular complexity index is 1360. The number of halogens is 4. The number of carbonyl (C=O) groups excluding carboxylic acids is 2. The van der Waals surface area contributed by atoms with Gasteiger partial charge in [-0.2, -0.15) is 13.2 Å². The van der Waals surface area contributed by atoms with Gasteiger partial charge in [-0.25, -0.2) is 14.0 Å². The maximum absolute atomic E-state index is 14.4. The molecule has 0 radical (unpaired) electrons. The van der Waals surface area contributed by atoms with Crippen LogP contribution in [0, 0.1) is 5.82 Å². The summed E-state index contributed by atoms with van der Waals surface area (Å²) in [5.74, 6) is -0.440. The molecule has 0 heterocycles. The van der Waals surface area contributed by atoms with Crippen molar-refractivity contribution in [2.24, 2.45) is 0 Å². The summed E-state index contributed by atoms with van der Waals surface area (Å²) < 4.78 is 71.5. The van der Waals surface area contributed by atoms with Crippen molar-refractivity contribution in [3.8, 4) is 11.5 Å². The second kappa shape index (κ2) is 13.9. The molecular formula is C30H33F4N3O5. The number of nitrogens with zero attached hydrogens (tertiary/aromatic N) is 1. The van der Waals surface area contributed by atoms with Crippen molar-refractivity contribution in [3.63, 3.8) is 0 Å². The van der Waals surface area contributed by atoms with Gasteiger partial charge in [0.15, 0.2) is 11.5 Å². The van der Waals surface area contributed by atoms with Gasteiger partial charge in [0.25, 0.3) is 0 Å². The highest BCUT2D eigenvalue weighted by Gasteiger charge is 2.35. The summed E-state index contributed by atoms with van der Waals surface area (Å²) in [7, 11) is 1.45. The van der Waals surface area contributed by atoms with Crippen molar-refractivity contribution in [2.45, 2.75) is 45.7 Å². The summed E-state index contributed by atoms with van der Waals surface area (Å²) in [5.41, 5.74) is -1.61. The molecule has 0 aliphatic carbocycles. The first kappa shape index (κ1) is 32.0. The first-order chi connectivity index (χ1) is 19.8. The minimum Gasteiger partial charge on any atom is -0.493 e. The fourth-order valence-corrected chi connectivity index (χ4v) is 3.82. The zero-order valence-corrected chi connectivity index (χ0v) is 23.7. The molecule has 0 aliphatic heterocycles. The number of ether oxygens (including phenoxy) is 3. The molecule has 0 saturated heterocycles. The van der Waals surface area contributed by atoms with Gasteiger partial charge in [-0.15, -0.1) is 0 Å². The number of alkyl halides is 3. The van der Waals surface area contributed by atoms with E-state index in [-0.39, 0.29) is 26.2 Å². The molecule has 3 rings (SSSR count). The van der Waals surface area contributed by atoms with Crippen LogP contribution in [0.25, 0.3) is 0 Å². The van der Waals surface area contributed by atoms with Crippen LogP contribution in [0.5, 0.6) is 11.5 Å². The van der Waals surface area contributed by atoms with E-state index < -0.39 is 41.0 Å². The molecule has 226 valence electrons. The number of benzene rings is 3. The standard InChI is InChI=1S/C30H33F4N3O5/c1-29(2,3)42-28(39)35-15-16-37(27(38)36-26-22(30(32,33)34)11-8-12-23(26)31)18-21-13-14-24(25(17-21)40-4)41-19-20-9-6-5-7-10-20/h5-14,17H,15-16,18-19H2,1-4H3,(H,35,39)(H,36,38). The minimum absolute atomic E-state index is 0.0961. The Hall–Kier alpha value is -4.48. The third-order valence-corrected chi connectivity index (χ3v) is 5.73. The summed E-state index contributed by atoms with van der Waals surface area (Å²) in [6, 6.07) is 15.8. The molecule has 0 aromatic heterocycles. The van der Waals surface area contributed by atoms with Crippen molar-refractivity contribution in [1.82, 2.24) is 10.2 Å². The molecule has 0 fully saturated rings. The highest BCUT2D eigenvalue weighted by atomic mass is 19.4. The van der Waals surface area contributed by atoms with Crippen molar-refractivity contribution in [1.29, 1.82) is 0 Å². The van der Waals surface area contributed by atoms with Gasteiger partial charge >= 0.3 is 18.3 Å². The Morgan fingerprint density at radius 2 is 1.62 bits per heavy atom. The van der Waals surface area contributed by atoms with Crippen LogP contribution in [0.15, 0.2) is 66.7 Å². The fourth-order valence-electron chi connectivity index (χ4n) is 3.82. The molecule has 0 saturated carbocycles. The predicted molar refractivity (Wildman–Crippen MR) is 149 cm³/mol. The number of nitrogens with one attached hydrogen (secondary N) is 2. The number of methoxy groups -OCH3 is 1. The van der Waals surface area contributed by atoms with Gasteiger partial charge in [0.2, 0.25) is 0 Å².